The van der Waals surface area contributed by atoms with Crippen LogP contribution in [0.3, 0.4) is 0 Å². The normalized spacial score (nSPS) is 14.5. The van der Waals surface area contributed by atoms with Gasteiger partial charge in [0.05, 0.1) is 12.1 Å². The highest BCUT2D eigenvalue weighted by atomic mass is 16.3. The third-order valence-corrected chi connectivity index (χ3v) is 2.64. The fourth-order valence-electron chi connectivity index (χ4n) is 1.63. The first kappa shape index (κ1) is 11.7. The van der Waals surface area contributed by atoms with Gasteiger partial charge in [-0.25, -0.2) is 0 Å². The average molecular weight is 232 g/mol. The van der Waals surface area contributed by atoms with Crippen LogP contribution in [0.15, 0.2) is 34.7 Å². The Morgan fingerprint density at radius 1 is 1.35 bits per heavy atom. The Morgan fingerprint density at radius 3 is 2.71 bits per heavy atom. The maximum Gasteiger partial charge on any atom is 0.237 e. The van der Waals surface area contributed by atoms with Crippen molar-refractivity contribution in [3.63, 3.8) is 0 Å². The van der Waals surface area contributed by atoms with E-state index in [4.69, 9.17) is 10.2 Å². The number of amides is 1. The molecule has 1 aromatic carbocycles. The lowest BCUT2D eigenvalue weighted by molar-refractivity contribution is -0.122. The molecule has 1 amide bonds. The average Bonchev–Trinajstić information content (AvgIpc) is 2.72. The first-order valence-corrected chi connectivity index (χ1v) is 5.62. The van der Waals surface area contributed by atoms with Crippen LogP contribution in [0.25, 0.3) is 11.0 Å². The lowest BCUT2D eigenvalue weighted by atomic mass is 10.2. The molecule has 0 fully saturated rings. The van der Waals surface area contributed by atoms with Crippen molar-refractivity contribution in [1.29, 1.82) is 0 Å². The van der Waals surface area contributed by atoms with Crippen molar-refractivity contribution in [3.8, 4) is 0 Å². The second-order valence-corrected chi connectivity index (χ2v) is 4.21. The van der Waals surface area contributed by atoms with Gasteiger partial charge in [-0.15, -0.1) is 0 Å². The minimum absolute atomic E-state index is 0.180. The van der Waals surface area contributed by atoms with E-state index in [0.717, 1.165) is 16.7 Å². The van der Waals surface area contributed by atoms with E-state index < -0.39 is 6.04 Å². The number of rotatable bonds is 3. The second-order valence-electron chi connectivity index (χ2n) is 4.21. The maximum atomic E-state index is 11.5. The molecule has 3 N–H and O–H groups in total. The van der Waals surface area contributed by atoms with Crippen molar-refractivity contribution in [3.05, 3.63) is 36.1 Å². The summed E-state index contributed by atoms with van der Waals surface area (Å²) in [7, 11) is 0. The van der Waals surface area contributed by atoms with Gasteiger partial charge < -0.3 is 15.5 Å². The van der Waals surface area contributed by atoms with Crippen LogP contribution in [0.1, 0.15) is 25.6 Å². The molecule has 0 bridgehead atoms. The molecule has 90 valence electrons. The summed E-state index contributed by atoms with van der Waals surface area (Å²) >= 11 is 0. The summed E-state index contributed by atoms with van der Waals surface area (Å²) in [5, 5.41) is 3.83. The van der Waals surface area contributed by atoms with Gasteiger partial charge in [-0.1, -0.05) is 18.2 Å². The molecule has 17 heavy (non-hydrogen) atoms. The number of carbonyl (C=O) groups is 1. The van der Waals surface area contributed by atoms with Gasteiger partial charge in [0, 0.05) is 5.39 Å². The summed E-state index contributed by atoms with van der Waals surface area (Å²) < 4.78 is 5.65. The number of nitrogens with one attached hydrogen (secondary N) is 1. The summed E-state index contributed by atoms with van der Waals surface area (Å²) in [6.45, 7) is 3.53. The molecule has 0 aliphatic heterocycles. The predicted molar refractivity (Wildman–Crippen MR) is 66.4 cm³/mol. The number of carbonyl (C=O) groups excluding carboxylic acids is 1. The predicted octanol–water partition coefficient (Wildman–Crippen LogP) is 1.96. The SMILES string of the molecule is CC(NC(=O)[C@@H](C)N)c1cc2ccccc2o1. The van der Waals surface area contributed by atoms with E-state index in [2.05, 4.69) is 5.32 Å². The van der Waals surface area contributed by atoms with E-state index in [9.17, 15) is 4.79 Å². The van der Waals surface area contributed by atoms with Crippen LogP contribution in [0.4, 0.5) is 0 Å². The van der Waals surface area contributed by atoms with Gasteiger partial charge in [0.1, 0.15) is 11.3 Å². The molecule has 1 aromatic heterocycles. The van der Waals surface area contributed by atoms with Gasteiger partial charge in [0.15, 0.2) is 0 Å². The molecule has 0 radical (unpaired) electrons. The number of para-hydroxylation sites is 1. The summed E-state index contributed by atoms with van der Waals surface area (Å²) in [5.41, 5.74) is 6.32. The summed E-state index contributed by atoms with van der Waals surface area (Å²) in [6.07, 6.45) is 0. The number of furan rings is 1. The molecule has 0 aliphatic rings. The van der Waals surface area contributed by atoms with Crippen molar-refractivity contribution in [2.75, 3.05) is 0 Å². The molecular formula is C13H16N2O2. The van der Waals surface area contributed by atoms with E-state index >= 15 is 0 Å². The summed E-state index contributed by atoms with van der Waals surface area (Å²) in [6, 6.07) is 8.99. The summed E-state index contributed by atoms with van der Waals surface area (Å²) in [4.78, 5) is 11.5. The molecule has 0 spiro atoms. The lowest BCUT2D eigenvalue weighted by Gasteiger charge is -2.12. The quantitative estimate of drug-likeness (QED) is 0.850. The van der Waals surface area contributed by atoms with Gasteiger partial charge >= 0.3 is 0 Å². The van der Waals surface area contributed by atoms with Crippen LogP contribution in [-0.4, -0.2) is 11.9 Å². The fraction of sp³-hybridized carbons (Fsp3) is 0.308. The molecule has 4 heteroatoms. The molecule has 1 heterocycles. The second kappa shape index (κ2) is 4.59. The van der Waals surface area contributed by atoms with E-state index in [0.29, 0.717) is 0 Å². The van der Waals surface area contributed by atoms with Crippen LogP contribution in [0, 0.1) is 0 Å². The van der Waals surface area contributed by atoms with Crippen LogP contribution in [0.5, 0.6) is 0 Å². The smallest absolute Gasteiger partial charge is 0.237 e. The van der Waals surface area contributed by atoms with Gasteiger partial charge in [-0.2, -0.15) is 0 Å². The van der Waals surface area contributed by atoms with Crippen molar-refractivity contribution in [2.24, 2.45) is 5.73 Å². The Kier molecular flexibility index (Phi) is 3.15. The molecule has 2 aromatic rings. The molecule has 4 nitrogen and oxygen atoms in total. The summed E-state index contributed by atoms with van der Waals surface area (Å²) in [5.74, 6) is 0.554. The highest BCUT2D eigenvalue weighted by Gasteiger charge is 2.15. The molecule has 2 rings (SSSR count). The molecule has 2 atom stereocenters. The number of fused-ring (bicyclic) bond motifs is 1. The van der Waals surface area contributed by atoms with Gasteiger partial charge in [0.25, 0.3) is 0 Å². The van der Waals surface area contributed by atoms with Crippen molar-refractivity contribution >= 4 is 16.9 Å². The first-order chi connectivity index (χ1) is 8.08. The molecule has 0 saturated carbocycles. The molecule has 0 saturated heterocycles. The standard InChI is InChI=1S/C13H16N2O2/c1-8(14)13(16)15-9(2)12-7-10-5-3-4-6-11(10)17-12/h3-9H,14H2,1-2H3,(H,15,16)/t8-,9?/m1/s1. The van der Waals surface area contributed by atoms with Crippen molar-refractivity contribution in [2.45, 2.75) is 25.9 Å². The largest absolute Gasteiger partial charge is 0.459 e. The Balaban J connectivity index is 2.19. The van der Waals surface area contributed by atoms with Crippen LogP contribution >= 0.6 is 0 Å². The zero-order chi connectivity index (χ0) is 12.4. The Labute approximate surface area is 99.8 Å². The van der Waals surface area contributed by atoms with Crippen molar-refractivity contribution in [1.82, 2.24) is 5.32 Å². The zero-order valence-electron chi connectivity index (χ0n) is 9.94. The highest BCUT2D eigenvalue weighted by molar-refractivity contribution is 5.82. The highest BCUT2D eigenvalue weighted by Crippen LogP contribution is 2.23. The van der Waals surface area contributed by atoms with Crippen molar-refractivity contribution < 1.29 is 9.21 Å². The maximum absolute atomic E-state index is 11.5. The molecular weight excluding hydrogens is 216 g/mol. The lowest BCUT2D eigenvalue weighted by Crippen LogP contribution is -2.39. The molecule has 1 unspecified atom stereocenters. The Hall–Kier alpha value is -1.81. The van der Waals surface area contributed by atoms with E-state index in [1.807, 2.05) is 37.3 Å². The van der Waals surface area contributed by atoms with E-state index in [-0.39, 0.29) is 11.9 Å². The van der Waals surface area contributed by atoms with E-state index in [1.165, 1.54) is 0 Å². The molecule has 0 aliphatic carbocycles. The number of benzene rings is 1. The topological polar surface area (TPSA) is 68.3 Å². The Bertz CT molecular complexity index is 498. The van der Waals surface area contributed by atoms with Crippen LogP contribution in [-0.2, 0) is 4.79 Å². The minimum atomic E-state index is -0.512. The van der Waals surface area contributed by atoms with Crippen LogP contribution < -0.4 is 11.1 Å². The third-order valence-electron chi connectivity index (χ3n) is 2.64. The van der Waals surface area contributed by atoms with Gasteiger partial charge in [0.2, 0.25) is 5.91 Å². The first-order valence-electron chi connectivity index (χ1n) is 5.62. The van der Waals surface area contributed by atoms with E-state index in [1.54, 1.807) is 6.92 Å². The Morgan fingerprint density at radius 2 is 2.06 bits per heavy atom. The zero-order valence-corrected chi connectivity index (χ0v) is 9.94. The fourth-order valence-corrected chi connectivity index (χ4v) is 1.63. The third kappa shape index (κ3) is 2.47. The monoisotopic (exact) mass is 232 g/mol. The van der Waals surface area contributed by atoms with Gasteiger partial charge in [-0.3, -0.25) is 4.79 Å². The number of hydrogen-bond acceptors (Lipinski definition) is 3. The van der Waals surface area contributed by atoms with Gasteiger partial charge in [-0.05, 0) is 26.0 Å². The van der Waals surface area contributed by atoms with Crippen LogP contribution in [0.2, 0.25) is 0 Å². The minimum Gasteiger partial charge on any atom is -0.459 e. The number of hydrogen-bond donors (Lipinski definition) is 2. The number of nitrogens with two attached hydrogens (primary N) is 1.